The first kappa shape index (κ1) is 16.9. The van der Waals surface area contributed by atoms with Crippen LogP contribution in [0.3, 0.4) is 0 Å². The van der Waals surface area contributed by atoms with Crippen LogP contribution in [0.2, 0.25) is 0 Å². The molecule has 1 fully saturated rings. The highest BCUT2D eigenvalue weighted by Crippen LogP contribution is 2.43. The molecule has 1 atom stereocenters. The Morgan fingerprint density at radius 2 is 1.83 bits per heavy atom. The molecule has 2 heterocycles. The summed E-state index contributed by atoms with van der Waals surface area (Å²) in [6.07, 6.45) is 3.78. The summed E-state index contributed by atoms with van der Waals surface area (Å²) in [6.45, 7) is 5.90. The standard InChI is InChI=1S/C17H22N4O2S/c1-17(2)8-11-21(12-14(17)13-6-4-3-5-7-13)15-16(24(18,22)23)20-10-9-19-15/h3-7,9-10,14H,8,11-12H2,1-2H3,(H2,18,22,23). The highest BCUT2D eigenvalue weighted by atomic mass is 32.2. The molecule has 0 radical (unpaired) electrons. The Balaban J connectivity index is 1.98. The molecule has 0 amide bonds. The quantitative estimate of drug-likeness (QED) is 0.920. The Bertz CT molecular complexity index is 821. The van der Waals surface area contributed by atoms with Crippen LogP contribution in [-0.4, -0.2) is 31.5 Å². The van der Waals surface area contributed by atoms with E-state index in [1.54, 1.807) is 0 Å². The van der Waals surface area contributed by atoms with Crippen molar-refractivity contribution in [3.63, 3.8) is 0 Å². The van der Waals surface area contributed by atoms with Gasteiger partial charge in [-0.05, 0) is 17.4 Å². The Kier molecular flexibility index (Phi) is 4.31. The number of nitrogens with zero attached hydrogens (tertiary/aromatic N) is 3. The van der Waals surface area contributed by atoms with Crippen LogP contribution in [0.5, 0.6) is 0 Å². The molecule has 0 saturated carbocycles. The molecular weight excluding hydrogens is 324 g/mol. The summed E-state index contributed by atoms with van der Waals surface area (Å²) in [5, 5.41) is 5.15. The van der Waals surface area contributed by atoms with Crippen molar-refractivity contribution in [2.45, 2.75) is 31.2 Å². The van der Waals surface area contributed by atoms with Gasteiger partial charge in [0, 0.05) is 31.4 Å². The third-order valence-electron chi connectivity index (χ3n) is 4.79. The third kappa shape index (κ3) is 3.27. The van der Waals surface area contributed by atoms with Crippen molar-refractivity contribution in [3.8, 4) is 0 Å². The first-order chi connectivity index (χ1) is 11.3. The molecule has 6 nitrogen and oxygen atoms in total. The van der Waals surface area contributed by atoms with Gasteiger partial charge in [-0.25, -0.2) is 23.5 Å². The predicted octanol–water partition coefficient (Wildman–Crippen LogP) is 2.14. The van der Waals surface area contributed by atoms with E-state index in [0.717, 1.165) is 13.0 Å². The predicted molar refractivity (Wildman–Crippen MR) is 93.2 cm³/mol. The molecule has 3 rings (SSSR count). The van der Waals surface area contributed by atoms with Gasteiger partial charge in [-0.1, -0.05) is 44.2 Å². The molecule has 0 spiro atoms. The fraction of sp³-hybridized carbons (Fsp3) is 0.412. The molecular formula is C17H22N4O2S. The molecule has 128 valence electrons. The number of nitrogens with two attached hydrogens (primary N) is 1. The second kappa shape index (κ2) is 6.14. The van der Waals surface area contributed by atoms with Crippen LogP contribution >= 0.6 is 0 Å². The van der Waals surface area contributed by atoms with Crippen molar-refractivity contribution in [1.29, 1.82) is 0 Å². The summed E-state index contributed by atoms with van der Waals surface area (Å²) in [7, 11) is -3.91. The zero-order chi connectivity index (χ0) is 17.4. The van der Waals surface area contributed by atoms with Crippen molar-refractivity contribution < 1.29 is 8.42 Å². The molecule has 1 unspecified atom stereocenters. The van der Waals surface area contributed by atoms with Gasteiger partial charge in [0.15, 0.2) is 5.82 Å². The van der Waals surface area contributed by atoms with Gasteiger partial charge in [0.05, 0.1) is 0 Å². The molecule has 1 aromatic carbocycles. The van der Waals surface area contributed by atoms with Gasteiger partial charge in [0.2, 0.25) is 5.03 Å². The molecule has 2 N–H and O–H groups in total. The molecule has 1 saturated heterocycles. The Morgan fingerprint density at radius 1 is 1.17 bits per heavy atom. The van der Waals surface area contributed by atoms with E-state index >= 15 is 0 Å². The number of piperidine rings is 1. The molecule has 1 aliphatic heterocycles. The molecule has 1 aliphatic rings. The third-order valence-corrected chi connectivity index (χ3v) is 5.62. The molecule has 0 bridgehead atoms. The minimum absolute atomic E-state index is 0.113. The van der Waals surface area contributed by atoms with Crippen LogP contribution < -0.4 is 10.0 Å². The van der Waals surface area contributed by atoms with Gasteiger partial charge in [-0.3, -0.25) is 0 Å². The number of sulfonamides is 1. The van der Waals surface area contributed by atoms with Crippen LogP contribution in [-0.2, 0) is 10.0 Å². The highest BCUT2D eigenvalue weighted by Gasteiger charge is 2.38. The first-order valence-electron chi connectivity index (χ1n) is 7.93. The van der Waals surface area contributed by atoms with E-state index in [0.29, 0.717) is 12.4 Å². The fourth-order valence-corrected chi connectivity index (χ4v) is 3.97. The average Bonchev–Trinajstić information content (AvgIpc) is 2.55. The SMILES string of the molecule is CC1(C)CCN(c2nccnc2S(N)(=O)=O)CC1c1ccccc1. The second-order valence-electron chi connectivity index (χ2n) is 6.88. The molecule has 24 heavy (non-hydrogen) atoms. The normalized spacial score (nSPS) is 20.8. The first-order valence-corrected chi connectivity index (χ1v) is 9.47. The van der Waals surface area contributed by atoms with Crippen LogP contribution in [0, 0.1) is 5.41 Å². The van der Waals surface area contributed by atoms with E-state index in [-0.39, 0.29) is 16.4 Å². The second-order valence-corrected chi connectivity index (χ2v) is 8.35. The minimum atomic E-state index is -3.91. The summed E-state index contributed by atoms with van der Waals surface area (Å²) in [5.41, 5.74) is 1.36. The lowest BCUT2D eigenvalue weighted by Gasteiger charge is -2.44. The van der Waals surface area contributed by atoms with Crippen molar-refractivity contribution in [1.82, 2.24) is 9.97 Å². The van der Waals surface area contributed by atoms with E-state index in [1.165, 1.54) is 18.0 Å². The van der Waals surface area contributed by atoms with Crippen LogP contribution in [0.4, 0.5) is 5.82 Å². The summed E-state index contributed by atoms with van der Waals surface area (Å²) in [4.78, 5) is 10.2. The van der Waals surface area contributed by atoms with E-state index in [2.05, 4.69) is 35.9 Å². The van der Waals surface area contributed by atoms with Gasteiger partial charge in [-0.2, -0.15) is 0 Å². The summed E-state index contributed by atoms with van der Waals surface area (Å²) in [6, 6.07) is 10.3. The van der Waals surface area contributed by atoms with Crippen LogP contribution in [0.1, 0.15) is 31.7 Å². The van der Waals surface area contributed by atoms with Crippen LogP contribution in [0.25, 0.3) is 0 Å². The lowest BCUT2D eigenvalue weighted by molar-refractivity contribution is 0.232. The topological polar surface area (TPSA) is 89.2 Å². The van der Waals surface area contributed by atoms with Crippen molar-refractivity contribution in [3.05, 3.63) is 48.3 Å². The largest absolute Gasteiger partial charge is 0.354 e. The number of rotatable bonds is 3. The monoisotopic (exact) mass is 346 g/mol. The minimum Gasteiger partial charge on any atom is -0.354 e. The van der Waals surface area contributed by atoms with Gasteiger partial charge >= 0.3 is 0 Å². The highest BCUT2D eigenvalue weighted by molar-refractivity contribution is 7.89. The van der Waals surface area contributed by atoms with E-state index in [1.807, 2.05) is 23.1 Å². The van der Waals surface area contributed by atoms with E-state index in [4.69, 9.17) is 5.14 Å². The maximum Gasteiger partial charge on any atom is 0.259 e. The summed E-state index contributed by atoms with van der Waals surface area (Å²) < 4.78 is 23.6. The smallest absolute Gasteiger partial charge is 0.259 e. The fourth-order valence-electron chi connectivity index (χ4n) is 3.33. The lowest BCUT2D eigenvalue weighted by Crippen LogP contribution is -2.44. The number of primary sulfonamides is 1. The average molecular weight is 346 g/mol. The maximum absolute atomic E-state index is 11.8. The zero-order valence-electron chi connectivity index (χ0n) is 13.9. The van der Waals surface area contributed by atoms with Crippen molar-refractivity contribution >= 4 is 15.8 Å². The van der Waals surface area contributed by atoms with E-state index < -0.39 is 10.0 Å². The molecule has 0 aliphatic carbocycles. The summed E-state index contributed by atoms with van der Waals surface area (Å²) in [5.74, 6) is 0.610. The number of benzene rings is 1. The zero-order valence-corrected chi connectivity index (χ0v) is 14.7. The number of hydrogen-bond acceptors (Lipinski definition) is 5. The Hall–Kier alpha value is -1.99. The molecule has 1 aromatic heterocycles. The van der Waals surface area contributed by atoms with Crippen molar-refractivity contribution in [2.24, 2.45) is 10.6 Å². The molecule has 7 heteroatoms. The van der Waals surface area contributed by atoms with Crippen LogP contribution in [0.15, 0.2) is 47.8 Å². The maximum atomic E-state index is 11.8. The van der Waals surface area contributed by atoms with E-state index in [9.17, 15) is 8.42 Å². The van der Waals surface area contributed by atoms with Crippen molar-refractivity contribution in [2.75, 3.05) is 18.0 Å². The van der Waals surface area contributed by atoms with Gasteiger partial charge < -0.3 is 4.90 Å². The molecule has 2 aromatic rings. The summed E-state index contributed by atoms with van der Waals surface area (Å²) >= 11 is 0. The van der Waals surface area contributed by atoms with Gasteiger partial charge in [-0.15, -0.1) is 0 Å². The number of hydrogen-bond donors (Lipinski definition) is 1. The number of aromatic nitrogens is 2. The van der Waals surface area contributed by atoms with Gasteiger partial charge in [0.1, 0.15) is 0 Å². The van der Waals surface area contributed by atoms with Gasteiger partial charge in [0.25, 0.3) is 10.0 Å². The Morgan fingerprint density at radius 3 is 2.50 bits per heavy atom. The lowest BCUT2D eigenvalue weighted by atomic mass is 9.70. The number of anilines is 1. The Labute approximate surface area is 142 Å².